The van der Waals surface area contributed by atoms with E-state index in [1.165, 1.54) is 11.1 Å². The number of benzene rings is 3. The summed E-state index contributed by atoms with van der Waals surface area (Å²) < 4.78 is 0. The van der Waals surface area contributed by atoms with Gasteiger partial charge in [0, 0.05) is 29.4 Å². The van der Waals surface area contributed by atoms with Gasteiger partial charge >= 0.3 is 0 Å². The highest BCUT2D eigenvalue weighted by Gasteiger charge is 2.25. The molecule has 0 radical (unpaired) electrons. The van der Waals surface area contributed by atoms with Crippen molar-refractivity contribution in [2.75, 3.05) is 13.6 Å². The van der Waals surface area contributed by atoms with E-state index in [1.54, 1.807) is 18.2 Å². The molecular formula is C25H21ClN2O2. The molecule has 0 saturated heterocycles. The second-order valence-electron chi connectivity index (χ2n) is 7.94. The van der Waals surface area contributed by atoms with Crippen LogP contribution in [-0.4, -0.2) is 28.6 Å². The standard InChI is InChI=1S/C25H21ClN2O2/c1-28-13-17-5-2-3-8-19(17)21(14-28)15-6-4-7-16(11-15)23-24(29)20-10-9-18(26)12-22(20)27-25(23)30/h2-12,21H,13-14H2,1H3,(H2,27,29,30)/t21-/m0/s1. The Hall–Kier alpha value is -3.08. The number of halogens is 1. The van der Waals surface area contributed by atoms with Gasteiger partial charge in [0.1, 0.15) is 5.75 Å². The number of aromatic nitrogens is 1. The molecule has 5 rings (SSSR count). The molecule has 0 amide bonds. The molecule has 0 aliphatic carbocycles. The third-order valence-electron chi connectivity index (χ3n) is 5.89. The largest absolute Gasteiger partial charge is 0.506 e. The van der Waals surface area contributed by atoms with Gasteiger partial charge in [-0.2, -0.15) is 0 Å². The van der Waals surface area contributed by atoms with Crippen LogP contribution in [0.15, 0.2) is 71.5 Å². The van der Waals surface area contributed by atoms with Crippen molar-refractivity contribution in [1.82, 2.24) is 9.88 Å². The topological polar surface area (TPSA) is 56.3 Å². The number of nitrogens with zero attached hydrogens (tertiary/aromatic N) is 1. The molecule has 4 aromatic rings. The minimum Gasteiger partial charge on any atom is -0.506 e. The van der Waals surface area contributed by atoms with E-state index in [0.717, 1.165) is 18.7 Å². The molecule has 0 spiro atoms. The van der Waals surface area contributed by atoms with Crippen molar-refractivity contribution < 1.29 is 5.11 Å². The molecule has 1 aromatic heterocycles. The average molecular weight is 417 g/mol. The van der Waals surface area contributed by atoms with Crippen LogP contribution in [0.1, 0.15) is 22.6 Å². The number of likely N-dealkylation sites (N-methyl/N-ethyl adjacent to an activating group) is 1. The highest BCUT2D eigenvalue weighted by atomic mass is 35.5. The number of H-pyrrole nitrogens is 1. The quantitative estimate of drug-likeness (QED) is 0.476. The van der Waals surface area contributed by atoms with E-state index in [9.17, 15) is 9.90 Å². The van der Waals surface area contributed by atoms with E-state index in [0.29, 0.717) is 21.5 Å². The lowest BCUT2D eigenvalue weighted by molar-refractivity contribution is 0.295. The molecule has 1 aliphatic rings. The molecule has 5 heteroatoms. The minimum absolute atomic E-state index is 0.0243. The van der Waals surface area contributed by atoms with Crippen LogP contribution in [0.5, 0.6) is 5.75 Å². The third kappa shape index (κ3) is 3.18. The van der Waals surface area contributed by atoms with Crippen molar-refractivity contribution in [2.45, 2.75) is 12.5 Å². The van der Waals surface area contributed by atoms with Crippen molar-refractivity contribution in [3.05, 3.63) is 98.8 Å². The molecule has 1 atom stereocenters. The molecule has 3 aromatic carbocycles. The number of hydrogen-bond donors (Lipinski definition) is 2. The molecule has 30 heavy (non-hydrogen) atoms. The Labute approximate surface area is 179 Å². The summed E-state index contributed by atoms with van der Waals surface area (Å²) in [6.07, 6.45) is 0. The highest BCUT2D eigenvalue weighted by molar-refractivity contribution is 6.31. The maximum absolute atomic E-state index is 12.8. The van der Waals surface area contributed by atoms with E-state index in [4.69, 9.17) is 11.6 Å². The Kier molecular flexibility index (Phi) is 4.61. The number of aromatic amines is 1. The van der Waals surface area contributed by atoms with Crippen molar-refractivity contribution in [3.63, 3.8) is 0 Å². The van der Waals surface area contributed by atoms with Crippen LogP contribution >= 0.6 is 11.6 Å². The van der Waals surface area contributed by atoms with E-state index in [2.05, 4.69) is 47.3 Å². The summed E-state index contributed by atoms with van der Waals surface area (Å²) in [5.74, 6) is 0.184. The second-order valence-corrected chi connectivity index (χ2v) is 8.38. The first-order valence-corrected chi connectivity index (χ1v) is 10.3. The van der Waals surface area contributed by atoms with E-state index >= 15 is 0 Å². The maximum atomic E-state index is 12.8. The van der Waals surface area contributed by atoms with Gasteiger partial charge in [0.15, 0.2) is 0 Å². The van der Waals surface area contributed by atoms with Crippen LogP contribution in [0.3, 0.4) is 0 Å². The highest BCUT2D eigenvalue weighted by Crippen LogP contribution is 2.37. The summed E-state index contributed by atoms with van der Waals surface area (Å²) in [5.41, 5.74) is 4.94. The Balaban J connectivity index is 1.65. The van der Waals surface area contributed by atoms with Crippen LogP contribution in [0.2, 0.25) is 5.02 Å². The van der Waals surface area contributed by atoms with Crippen LogP contribution in [-0.2, 0) is 6.54 Å². The SMILES string of the molecule is CN1Cc2ccccc2[C@H](c2cccc(-c3c(O)c4ccc(Cl)cc4[nH]c3=O)c2)C1. The van der Waals surface area contributed by atoms with Crippen molar-refractivity contribution in [1.29, 1.82) is 0 Å². The molecule has 2 heterocycles. The lowest BCUT2D eigenvalue weighted by atomic mass is 9.84. The predicted octanol–water partition coefficient (Wildman–Crippen LogP) is 5.13. The smallest absolute Gasteiger partial charge is 0.260 e. The van der Waals surface area contributed by atoms with Crippen LogP contribution in [0.25, 0.3) is 22.0 Å². The average Bonchev–Trinajstić information content (AvgIpc) is 2.73. The summed E-state index contributed by atoms with van der Waals surface area (Å²) in [7, 11) is 2.12. The van der Waals surface area contributed by atoms with E-state index in [1.807, 2.05) is 18.2 Å². The molecular weight excluding hydrogens is 396 g/mol. The predicted molar refractivity (Wildman–Crippen MR) is 121 cm³/mol. The molecule has 0 fully saturated rings. The first-order chi connectivity index (χ1) is 14.5. The van der Waals surface area contributed by atoms with Crippen molar-refractivity contribution in [3.8, 4) is 16.9 Å². The van der Waals surface area contributed by atoms with Crippen LogP contribution < -0.4 is 5.56 Å². The van der Waals surface area contributed by atoms with Gasteiger partial charge in [-0.3, -0.25) is 4.79 Å². The number of hydrogen-bond acceptors (Lipinski definition) is 3. The molecule has 150 valence electrons. The fraction of sp³-hybridized carbons (Fsp3) is 0.160. The second kappa shape index (κ2) is 7.31. The first-order valence-electron chi connectivity index (χ1n) is 9.92. The normalized spacial score (nSPS) is 16.5. The maximum Gasteiger partial charge on any atom is 0.260 e. The van der Waals surface area contributed by atoms with Crippen molar-refractivity contribution in [2.24, 2.45) is 0 Å². The Bertz CT molecular complexity index is 1330. The monoisotopic (exact) mass is 416 g/mol. The Morgan fingerprint density at radius 1 is 1.07 bits per heavy atom. The molecule has 2 N–H and O–H groups in total. The summed E-state index contributed by atoms with van der Waals surface area (Å²) in [6, 6.07) is 21.5. The lowest BCUT2D eigenvalue weighted by Crippen LogP contribution is -2.30. The Morgan fingerprint density at radius 3 is 2.77 bits per heavy atom. The summed E-state index contributed by atoms with van der Waals surface area (Å²) in [5, 5.41) is 12.0. The zero-order valence-electron chi connectivity index (χ0n) is 16.5. The van der Waals surface area contributed by atoms with Gasteiger partial charge in [0.25, 0.3) is 5.56 Å². The number of pyridine rings is 1. The minimum atomic E-state index is -0.333. The zero-order chi connectivity index (χ0) is 20.8. The van der Waals surface area contributed by atoms with Crippen LogP contribution in [0, 0.1) is 0 Å². The lowest BCUT2D eigenvalue weighted by Gasteiger charge is -2.32. The molecule has 0 unspecified atom stereocenters. The first kappa shape index (κ1) is 18.9. The molecule has 4 nitrogen and oxygen atoms in total. The number of aromatic hydroxyl groups is 1. The molecule has 0 bridgehead atoms. The van der Waals surface area contributed by atoms with E-state index < -0.39 is 0 Å². The molecule has 1 aliphatic heterocycles. The number of rotatable bonds is 2. The summed E-state index contributed by atoms with van der Waals surface area (Å²) >= 11 is 6.03. The summed E-state index contributed by atoms with van der Waals surface area (Å²) in [4.78, 5) is 18.0. The van der Waals surface area contributed by atoms with Gasteiger partial charge in [-0.05, 0) is 47.5 Å². The third-order valence-corrected chi connectivity index (χ3v) is 6.13. The summed E-state index contributed by atoms with van der Waals surface area (Å²) in [6.45, 7) is 1.83. The Morgan fingerprint density at radius 2 is 1.90 bits per heavy atom. The number of nitrogens with one attached hydrogen (secondary N) is 1. The van der Waals surface area contributed by atoms with Gasteiger partial charge in [-0.15, -0.1) is 0 Å². The van der Waals surface area contributed by atoms with Gasteiger partial charge in [-0.25, -0.2) is 0 Å². The zero-order valence-corrected chi connectivity index (χ0v) is 17.3. The van der Waals surface area contributed by atoms with E-state index in [-0.39, 0.29) is 22.8 Å². The van der Waals surface area contributed by atoms with Crippen molar-refractivity contribution >= 4 is 22.5 Å². The van der Waals surface area contributed by atoms with Gasteiger partial charge < -0.3 is 15.0 Å². The number of fused-ring (bicyclic) bond motifs is 2. The van der Waals surface area contributed by atoms with Gasteiger partial charge in [0.2, 0.25) is 0 Å². The molecule has 0 saturated carbocycles. The fourth-order valence-corrected chi connectivity index (χ4v) is 4.67. The van der Waals surface area contributed by atoms with Gasteiger partial charge in [-0.1, -0.05) is 60.1 Å². The van der Waals surface area contributed by atoms with Gasteiger partial charge in [0.05, 0.1) is 11.1 Å². The fourth-order valence-electron chi connectivity index (χ4n) is 4.50. The van der Waals surface area contributed by atoms with Crippen LogP contribution in [0.4, 0.5) is 0 Å².